The maximum atomic E-state index is 11.2. The van der Waals surface area contributed by atoms with E-state index in [1.54, 1.807) is 0 Å². The number of aromatic hydroxyl groups is 1. The standard InChI is InChI=1S/C26H23N3O4/c1-33-24-14-16(13-23(26(24)30)29(31)32)15-27-18-11-9-17(10-12-18)25-21-7-4-6-19(21)20-5-2-3-8-22(20)28-25/h2-6,8-15,19,21,25,28,30H,7H2,1H3/t19-,21-,25-/m0/s1. The van der Waals surface area contributed by atoms with Crippen molar-refractivity contribution in [1.82, 2.24) is 0 Å². The first kappa shape index (κ1) is 20.8. The lowest BCUT2D eigenvalue weighted by molar-refractivity contribution is -0.386. The molecule has 3 aromatic rings. The van der Waals surface area contributed by atoms with Crippen LogP contribution in [-0.4, -0.2) is 23.4 Å². The zero-order chi connectivity index (χ0) is 22.9. The van der Waals surface area contributed by atoms with Gasteiger partial charge in [-0.3, -0.25) is 15.1 Å². The van der Waals surface area contributed by atoms with Crippen LogP contribution >= 0.6 is 0 Å². The van der Waals surface area contributed by atoms with Gasteiger partial charge in [-0.25, -0.2) is 0 Å². The molecule has 0 bridgehead atoms. The summed E-state index contributed by atoms with van der Waals surface area (Å²) in [7, 11) is 1.35. The number of anilines is 1. The molecular formula is C26H23N3O4. The second kappa shape index (κ2) is 8.43. The summed E-state index contributed by atoms with van der Waals surface area (Å²) >= 11 is 0. The van der Waals surface area contributed by atoms with E-state index in [0.717, 1.165) is 12.1 Å². The van der Waals surface area contributed by atoms with Crippen LogP contribution in [0.3, 0.4) is 0 Å². The molecule has 2 N–H and O–H groups in total. The number of methoxy groups -OCH3 is 1. The first-order chi connectivity index (χ1) is 16.0. The number of aliphatic imine (C=N–C) groups is 1. The van der Waals surface area contributed by atoms with Gasteiger partial charge in [0.1, 0.15) is 0 Å². The lowest BCUT2D eigenvalue weighted by atomic mass is 9.77. The highest BCUT2D eigenvalue weighted by Crippen LogP contribution is 2.49. The molecule has 0 amide bonds. The molecule has 3 aromatic carbocycles. The van der Waals surface area contributed by atoms with Crippen molar-refractivity contribution in [3.05, 3.63) is 99.6 Å². The summed E-state index contributed by atoms with van der Waals surface area (Å²) in [5, 5.41) is 24.8. The number of fused-ring (bicyclic) bond motifs is 3. The summed E-state index contributed by atoms with van der Waals surface area (Å²) < 4.78 is 5.04. The molecule has 7 nitrogen and oxygen atoms in total. The Kier molecular flexibility index (Phi) is 5.30. The molecule has 0 spiro atoms. The molecule has 166 valence electrons. The van der Waals surface area contributed by atoms with Crippen LogP contribution in [0, 0.1) is 16.0 Å². The molecule has 0 saturated heterocycles. The molecule has 0 unspecified atom stereocenters. The summed E-state index contributed by atoms with van der Waals surface area (Å²) in [4.78, 5) is 15.0. The number of hydrogen-bond donors (Lipinski definition) is 2. The molecular weight excluding hydrogens is 418 g/mol. The normalized spacial score (nSPS) is 20.8. The van der Waals surface area contributed by atoms with Crippen LogP contribution in [0.4, 0.5) is 17.1 Å². The Labute approximate surface area is 191 Å². The van der Waals surface area contributed by atoms with Crippen molar-refractivity contribution in [3.63, 3.8) is 0 Å². The fourth-order valence-electron chi connectivity index (χ4n) is 4.77. The number of benzene rings is 3. The van der Waals surface area contributed by atoms with E-state index >= 15 is 0 Å². The summed E-state index contributed by atoms with van der Waals surface area (Å²) in [6, 6.07) is 19.5. The predicted molar refractivity (Wildman–Crippen MR) is 128 cm³/mol. The van der Waals surface area contributed by atoms with Gasteiger partial charge in [-0.2, -0.15) is 0 Å². The zero-order valence-electron chi connectivity index (χ0n) is 18.0. The molecule has 0 radical (unpaired) electrons. The number of para-hydroxylation sites is 1. The second-order valence-corrected chi connectivity index (χ2v) is 8.26. The van der Waals surface area contributed by atoms with Crippen LogP contribution in [0.15, 0.2) is 77.8 Å². The van der Waals surface area contributed by atoms with Gasteiger partial charge in [0.25, 0.3) is 0 Å². The third kappa shape index (κ3) is 3.82. The van der Waals surface area contributed by atoms with Gasteiger partial charge < -0.3 is 15.2 Å². The number of nitro benzene ring substituents is 1. The van der Waals surface area contributed by atoms with Crippen LogP contribution in [0.5, 0.6) is 11.5 Å². The fourth-order valence-corrected chi connectivity index (χ4v) is 4.77. The van der Waals surface area contributed by atoms with Gasteiger partial charge in [0.05, 0.1) is 23.8 Å². The summed E-state index contributed by atoms with van der Waals surface area (Å²) in [5.74, 6) is 0.430. The van der Waals surface area contributed by atoms with Crippen LogP contribution in [0.1, 0.15) is 35.1 Å². The number of phenolic OH excluding ortho intramolecular Hbond substituents is 1. The van der Waals surface area contributed by atoms with Gasteiger partial charge in [-0.1, -0.05) is 42.5 Å². The maximum Gasteiger partial charge on any atom is 0.315 e. The molecule has 5 rings (SSSR count). The van der Waals surface area contributed by atoms with Crippen LogP contribution < -0.4 is 10.1 Å². The Morgan fingerprint density at radius 1 is 1.18 bits per heavy atom. The largest absolute Gasteiger partial charge is 0.500 e. The molecule has 33 heavy (non-hydrogen) atoms. The smallest absolute Gasteiger partial charge is 0.315 e. The van der Waals surface area contributed by atoms with E-state index in [4.69, 9.17) is 4.74 Å². The monoisotopic (exact) mass is 441 g/mol. The van der Waals surface area contributed by atoms with E-state index in [1.165, 1.54) is 42.3 Å². The van der Waals surface area contributed by atoms with Crippen molar-refractivity contribution in [3.8, 4) is 11.5 Å². The number of nitro groups is 1. The molecule has 0 fully saturated rings. The zero-order valence-corrected chi connectivity index (χ0v) is 18.0. The van der Waals surface area contributed by atoms with Gasteiger partial charge in [-0.05, 0) is 47.7 Å². The molecule has 0 aromatic heterocycles. The Morgan fingerprint density at radius 2 is 1.97 bits per heavy atom. The first-order valence-corrected chi connectivity index (χ1v) is 10.8. The SMILES string of the molecule is COc1cc(C=Nc2ccc([C@@H]3Nc4ccccc4[C@@H]4C=CC[C@@H]43)cc2)cc([N+](=O)[O-])c1O. The maximum absolute atomic E-state index is 11.2. The first-order valence-electron chi connectivity index (χ1n) is 10.8. The quantitative estimate of drug-likeness (QED) is 0.223. The minimum absolute atomic E-state index is 0.0318. The van der Waals surface area contributed by atoms with Crippen molar-refractivity contribution in [1.29, 1.82) is 0 Å². The molecule has 7 heteroatoms. The molecule has 1 aliphatic heterocycles. The number of allylic oxidation sites excluding steroid dienone is 2. The third-order valence-corrected chi connectivity index (χ3v) is 6.38. The highest BCUT2D eigenvalue weighted by atomic mass is 16.6. The predicted octanol–water partition coefficient (Wildman–Crippen LogP) is 5.89. The minimum Gasteiger partial charge on any atom is -0.500 e. The molecule has 2 aliphatic rings. The highest BCUT2D eigenvalue weighted by molar-refractivity contribution is 5.85. The number of nitrogens with one attached hydrogen (secondary N) is 1. The minimum atomic E-state index is -0.648. The number of phenols is 1. The summed E-state index contributed by atoms with van der Waals surface area (Å²) in [6.45, 7) is 0. The Morgan fingerprint density at radius 3 is 2.73 bits per heavy atom. The van der Waals surface area contributed by atoms with E-state index in [1.807, 2.05) is 12.1 Å². The van der Waals surface area contributed by atoms with E-state index in [2.05, 4.69) is 58.9 Å². The lowest BCUT2D eigenvalue weighted by Crippen LogP contribution is -2.28. The van der Waals surface area contributed by atoms with Crippen molar-refractivity contribution in [2.75, 3.05) is 12.4 Å². The topological polar surface area (TPSA) is 97.0 Å². The van der Waals surface area contributed by atoms with E-state index in [-0.39, 0.29) is 11.8 Å². The van der Waals surface area contributed by atoms with Crippen molar-refractivity contribution in [2.45, 2.75) is 18.4 Å². The number of rotatable bonds is 5. The summed E-state index contributed by atoms with van der Waals surface area (Å²) in [5.41, 5.74) is 4.50. The Balaban J connectivity index is 1.38. The van der Waals surface area contributed by atoms with Crippen molar-refractivity contribution in [2.24, 2.45) is 10.9 Å². The third-order valence-electron chi connectivity index (χ3n) is 6.38. The van der Waals surface area contributed by atoms with Gasteiger partial charge in [0.15, 0.2) is 5.75 Å². The van der Waals surface area contributed by atoms with Crippen LogP contribution in [0.2, 0.25) is 0 Å². The van der Waals surface area contributed by atoms with Crippen molar-refractivity contribution < 1.29 is 14.8 Å². The van der Waals surface area contributed by atoms with Gasteiger partial charge in [-0.15, -0.1) is 0 Å². The van der Waals surface area contributed by atoms with Crippen LogP contribution in [0.25, 0.3) is 0 Å². The molecule has 3 atom stereocenters. The summed E-state index contributed by atoms with van der Waals surface area (Å²) in [6.07, 6.45) is 7.16. The Hall–Kier alpha value is -4.13. The number of hydrogen-bond acceptors (Lipinski definition) is 6. The highest BCUT2D eigenvalue weighted by Gasteiger charge is 2.37. The average molecular weight is 441 g/mol. The van der Waals surface area contributed by atoms with Crippen LogP contribution in [-0.2, 0) is 0 Å². The van der Waals surface area contributed by atoms with E-state index in [0.29, 0.717) is 17.4 Å². The number of ether oxygens (including phenoxy) is 1. The fraction of sp³-hybridized carbons (Fsp3) is 0.192. The average Bonchev–Trinajstić information content (AvgIpc) is 3.33. The van der Waals surface area contributed by atoms with E-state index in [9.17, 15) is 15.2 Å². The Bertz CT molecular complexity index is 1270. The number of nitrogens with zero attached hydrogens (tertiary/aromatic N) is 2. The molecule has 1 aliphatic carbocycles. The van der Waals surface area contributed by atoms with Crippen molar-refractivity contribution >= 4 is 23.3 Å². The van der Waals surface area contributed by atoms with E-state index < -0.39 is 16.4 Å². The van der Waals surface area contributed by atoms with Gasteiger partial charge in [0, 0.05) is 29.4 Å². The van der Waals surface area contributed by atoms with Gasteiger partial charge in [0.2, 0.25) is 5.75 Å². The van der Waals surface area contributed by atoms with Gasteiger partial charge >= 0.3 is 5.69 Å². The lowest BCUT2D eigenvalue weighted by Gasteiger charge is -2.37. The second-order valence-electron chi connectivity index (χ2n) is 8.26. The molecule has 1 heterocycles. The molecule has 0 saturated carbocycles.